The van der Waals surface area contributed by atoms with E-state index >= 15 is 0 Å². The standard InChI is InChI=1S/C28H20N2O7/c1-14(31)28-19-9-5-3-7-17(19)23(18-8-4-6-10-20(18)28)24-25(28)27(34)29(26(24)33)16-11-12-22(37-15(2)32)21(13-16)30(35)36/h3-13,23-25H,1-2H3/t23?,24-,25+,28?/m0/s1. The summed E-state index contributed by atoms with van der Waals surface area (Å²) in [5.41, 5.74) is 1.15. The van der Waals surface area contributed by atoms with Gasteiger partial charge in [-0.05, 0) is 41.3 Å². The number of carbonyl (C=O) groups is 4. The maximum absolute atomic E-state index is 14.1. The number of anilines is 1. The summed E-state index contributed by atoms with van der Waals surface area (Å²) in [5, 5.41) is 11.7. The number of hydrogen-bond acceptors (Lipinski definition) is 7. The number of Topliss-reactive ketones (excluding diaryl/α,β-unsaturated/α-hetero) is 1. The predicted octanol–water partition coefficient (Wildman–Crippen LogP) is 3.66. The first-order valence-electron chi connectivity index (χ1n) is 11.7. The molecule has 3 aliphatic carbocycles. The number of hydrogen-bond donors (Lipinski definition) is 0. The van der Waals surface area contributed by atoms with Gasteiger partial charge in [0.1, 0.15) is 5.78 Å². The maximum Gasteiger partial charge on any atom is 0.313 e. The SMILES string of the molecule is CC(=O)Oc1ccc(N2C(=O)[C@H]3C4c5ccccc5C(C(C)=O)(c5ccccc54)[C@H]3C2=O)cc1[N+](=O)[O-]. The van der Waals surface area contributed by atoms with Crippen LogP contribution in [0.2, 0.25) is 0 Å². The van der Waals surface area contributed by atoms with Gasteiger partial charge in [-0.2, -0.15) is 0 Å². The fourth-order valence-electron chi connectivity index (χ4n) is 6.65. The summed E-state index contributed by atoms with van der Waals surface area (Å²) in [5.74, 6) is -4.70. The quantitative estimate of drug-likeness (QED) is 0.177. The zero-order valence-corrected chi connectivity index (χ0v) is 19.8. The number of benzene rings is 3. The van der Waals surface area contributed by atoms with Crippen LogP contribution in [0.15, 0.2) is 66.7 Å². The van der Waals surface area contributed by atoms with E-state index in [1.165, 1.54) is 19.1 Å². The molecule has 9 nitrogen and oxygen atoms in total. The van der Waals surface area contributed by atoms with Gasteiger partial charge in [0.2, 0.25) is 17.6 Å². The predicted molar refractivity (Wildman–Crippen MR) is 130 cm³/mol. The number of amides is 2. The van der Waals surface area contributed by atoms with Crippen molar-refractivity contribution in [3.8, 4) is 5.75 Å². The minimum atomic E-state index is -1.36. The van der Waals surface area contributed by atoms with Crippen LogP contribution in [0.1, 0.15) is 42.0 Å². The smallest absolute Gasteiger partial charge is 0.313 e. The molecule has 0 radical (unpaired) electrons. The number of esters is 1. The number of carbonyl (C=O) groups excluding carboxylic acids is 4. The van der Waals surface area contributed by atoms with Crippen molar-refractivity contribution in [1.82, 2.24) is 0 Å². The average Bonchev–Trinajstić information content (AvgIpc) is 3.14. The highest BCUT2D eigenvalue weighted by atomic mass is 16.6. The number of rotatable bonds is 4. The Morgan fingerprint density at radius 1 is 0.919 bits per heavy atom. The Kier molecular flexibility index (Phi) is 4.72. The van der Waals surface area contributed by atoms with Crippen LogP contribution in [-0.2, 0) is 24.6 Å². The lowest BCUT2D eigenvalue weighted by molar-refractivity contribution is -0.385. The van der Waals surface area contributed by atoms with Crippen molar-refractivity contribution < 1.29 is 28.8 Å². The molecule has 0 aromatic heterocycles. The molecule has 184 valence electrons. The van der Waals surface area contributed by atoms with E-state index in [0.717, 1.165) is 29.0 Å². The second kappa shape index (κ2) is 7.67. The summed E-state index contributed by atoms with van der Waals surface area (Å²) >= 11 is 0. The summed E-state index contributed by atoms with van der Waals surface area (Å²) in [7, 11) is 0. The van der Waals surface area contributed by atoms with Crippen LogP contribution in [-0.4, -0.2) is 28.5 Å². The largest absolute Gasteiger partial charge is 0.419 e. The van der Waals surface area contributed by atoms with E-state index in [2.05, 4.69) is 0 Å². The molecular weight excluding hydrogens is 476 g/mol. The molecule has 1 fully saturated rings. The van der Waals surface area contributed by atoms with E-state index in [1.54, 1.807) is 0 Å². The Morgan fingerprint density at radius 2 is 1.51 bits per heavy atom. The highest BCUT2D eigenvalue weighted by Gasteiger charge is 2.70. The van der Waals surface area contributed by atoms with Crippen molar-refractivity contribution in [3.05, 3.63) is 99.1 Å². The average molecular weight is 496 g/mol. The van der Waals surface area contributed by atoms with Crippen molar-refractivity contribution in [3.63, 3.8) is 0 Å². The fourth-order valence-corrected chi connectivity index (χ4v) is 6.65. The number of imide groups is 1. The molecule has 1 heterocycles. The molecule has 7 rings (SSSR count). The molecule has 4 aliphatic rings. The molecule has 3 aromatic rings. The van der Waals surface area contributed by atoms with Crippen molar-refractivity contribution in [2.45, 2.75) is 25.2 Å². The van der Waals surface area contributed by atoms with E-state index in [0.29, 0.717) is 11.1 Å². The molecule has 1 saturated heterocycles. The second-order valence-electron chi connectivity index (χ2n) is 9.53. The van der Waals surface area contributed by atoms with Gasteiger partial charge in [-0.25, -0.2) is 4.90 Å². The normalized spacial score (nSPS) is 24.8. The van der Waals surface area contributed by atoms with Crippen molar-refractivity contribution in [2.75, 3.05) is 4.90 Å². The van der Waals surface area contributed by atoms with Gasteiger partial charge in [0.25, 0.3) is 0 Å². The van der Waals surface area contributed by atoms with Gasteiger partial charge in [0, 0.05) is 18.9 Å². The Bertz CT molecular complexity index is 1530. The van der Waals surface area contributed by atoms with Crippen LogP contribution >= 0.6 is 0 Å². The summed E-state index contributed by atoms with van der Waals surface area (Å²) in [4.78, 5) is 65.1. The lowest BCUT2D eigenvalue weighted by Crippen LogP contribution is -2.57. The summed E-state index contributed by atoms with van der Waals surface area (Å²) in [6.07, 6.45) is 0. The first-order valence-corrected chi connectivity index (χ1v) is 11.7. The second-order valence-corrected chi connectivity index (χ2v) is 9.53. The zero-order valence-electron chi connectivity index (χ0n) is 19.8. The van der Waals surface area contributed by atoms with E-state index in [9.17, 15) is 29.3 Å². The van der Waals surface area contributed by atoms with Gasteiger partial charge in [0.05, 0.1) is 27.9 Å². The fraction of sp³-hybridized carbons (Fsp3) is 0.214. The maximum atomic E-state index is 14.1. The Hall–Kier alpha value is -4.66. The van der Waals surface area contributed by atoms with E-state index in [1.807, 2.05) is 48.5 Å². The minimum Gasteiger partial charge on any atom is -0.419 e. The molecule has 2 bridgehead atoms. The molecule has 0 spiro atoms. The molecule has 0 unspecified atom stereocenters. The number of ether oxygens (including phenoxy) is 1. The van der Waals surface area contributed by atoms with Gasteiger partial charge in [-0.1, -0.05) is 48.5 Å². The number of nitro benzene ring substituents is 1. The van der Waals surface area contributed by atoms with Crippen molar-refractivity contribution in [2.24, 2.45) is 11.8 Å². The Balaban J connectivity index is 1.57. The molecule has 2 amide bonds. The van der Waals surface area contributed by atoms with Crippen LogP contribution in [0, 0.1) is 22.0 Å². The monoisotopic (exact) mass is 496 g/mol. The summed E-state index contributed by atoms with van der Waals surface area (Å²) in [6, 6.07) is 18.4. The molecule has 2 atom stereocenters. The Labute approximate surface area is 210 Å². The summed E-state index contributed by atoms with van der Waals surface area (Å²) < 4.78 is 4.94. The highest BCUT2D eigenvalue weighted by molar-refractivity contribution is 6.25. The van der Waals surface area contributed by atoms with Crippen LogP contribution in [0.4, 0.5) is 11.4 Å². The highest BCUT2D eigenvalue weighted by Crippen LogP contribution is 2.64. The number of ketones is 1. The third kappa shape index (κ3) is 2.79. The van der Waals surface area contributed by atoms with Crippen LogP contribution in [0.5, 0.6) is 5.75 Å². The Morgan fingerprint density at radius 3 is 2.05 bits per heavy atom. The van der Waals surface area contributed by atoms with Gasteiger partial charge < -0.3 is 4.74 Å². The molecule has 0 saturated carbocycles. The third-order valence-electron chi connectivity index (χ3n) is 7.82. The van der Waals surface area contributed by atoms with Crippen molar-refractivity contribution in [1.29, 1.82) is 0 Å². The van der Waals surface area contributed by atoms with Crippen LogP contribution < -0.4 is 9.64 Å². The van der Waals surface area contributed by atoms with Gasteiger partial charge >= 0.3 is 11.7 Å². The minimum absolute atomic E-state index is 0.0155. The molecule has 1 aliphatic heterocycles. The molecule has 9 heteroatoms. The van der Waals surface area contributed by atoms with Gasteiger partial charge in [0.15, 0.2) is 0 Å². The van der Waals surface area contributed by atoms with Gasteiger partial charge in [-0.3, -0.25) is 29.3 Å². The van der Waals surface area contributed by atoms with Crippen molar-refractivity contribution >= 4 is 34.9 Å². The number of nitro groups is 1. The number of nitrogens with zero attached hydrogens (tertiary/aromatic N) is 2. The molecular formula is C28H20N2O7. The molecule has 3 aromatic carbocycles. The van der Waals surface area contributed by atoms with E-state index < -0.39 is 51.6 Å². The van der Waals surface area contributed by atoms with E-state index in [-0.39, 0.29) is 17.2 Å². The molecule has 37 heavy (non-hydrogen) atoms. The first kappa shape index (κ1) is 22.8. The zero-order chi connectivity index (χ0) is 26.2. The lowest BCUT2D eigenvalue weighted by atomic mass is 9.46. The third-order valence-corrected chi connectivity index (χ3v) is 7.82. The van der Waals surface area contributed by atoms with Crippen LogP contribution in [0.3, 0.4) is 0 Å². The van der Waals surface area contributed by atoms with Gasteiger partial charge in [-0.15, -0.1) is 0 Å². The lowest BCUT2D eigenvalue weighted by Gasteiger charge is -2.52. The van der Waals surface area contributed by atoms with Crippen LogP contribution in [0.25, 0.3) is 0 Å². The first-order chi connectivity index (χ1) is 17.7. The topological polar surface area (TPSA) is 124 Å². The molecule has 0 N–H and O–H groups in total. The summed E-state index contributed by atoms with van der Waals surface area (Å²) in [6.45, 7) is 2.55. The van der Waals surface area contributed by atoms with E-state index in [4.69, 9.17) is 4.74 Å².